The minimum Gasteiger partial charge on any atom is -0.454 e. The Kier molecular flexibility index (Phi) is 3.90. The summed E-state index contributed by atoms with van der Waals surface area (Å²) in [6.45, 7) is 3.17. The van der Waals surface area contributed by atoms with E-state index in [0.717, 1.165) is 42.9 Å². The molecule has 3 aromatic rings. The van der Waals surface area contributed by atoms with E-state index >= 15 is 0 Å². The van der Waals surface area contributed by atoms with E-state index in [9.17, 15) is 0 Å². The van der Waals surface area contributed by atoms with Crippen molar-refractivity contribution in [1.82, 2.24) is 4.98 Å². The van der Waals surface area contributed by atoms with Gasteiger partial charge >= 0.3 is 0 Å². The number of hydrogen-bond acceptors (Lipinski definition) is 3. The van der Waals surface area contributed by atoms with E-state index in [1.807, 2.05) is 6.07 Å². The van der Waals surface area contributed by atoms with Gasteiger partial charge in [-0.1, -0.05) is 11.6 Å². The van der Waals surface area contributed by atoms with E-state index in [2.05, 4.69) is 42.2 Å². The van der Waals surface area contributed by atoms with Gasteiger partial charge < -0.3 is 20.2 Å². The van der Waals surface area contributed by atoms with Crippen LogP contribution in [-0.2, 0) is 6.42 Å². The van der Waals surface area contributed by atoms with Gasteiger partial charge in [0.15, 0.2) is 11.5 Å². The molecule has 0 spiro atoms. The largest absolute Gasteiger partial charge is 0.454 e. The maximum atomic E-state index is 5.68. The van der Waals surface area contributed by atoms with E-state index in [0.29, 0.717) is 6.79 Å². The Morgan fingerprint density at radius 3 is 2.79 bits per heavy atom. The third-order valence-electron chi connectivity index (χ3n) is 4.60. The maximum Gasteiger partial charge on any atom is 0.231 e. The van der Waals surface area contributed by atoms with Gasteiger partial charge in [-0.05, 0) is 68.6 Å². The molecule has 4 nitrogen and oxygen atoms in total. The van der Waals surface area contributed by atoms with Crippen molar-refractivity contribution >= 4 is 10.9 Å². The molecule has 0 amide bonds. The van der Waals surface area contributed by atoms with Gasteiger partial charge in [-0.25, -0.2) is 0 Å². The first kappa shape index (κ1) is 15.1. The lowest BCUT2D eigenvalue weighted by molar-refractivity contribution is 0.174. The first-order valence-electron chi connectivity index (χ1n) is 8.47. The molecule has 0 aliphatic carbocycles. The van der Waals surface area contributed by atoms with E-state index in [1.165, 1.54) is 27.7 Å². The van der Waals surface area contributed by atoms with Crippen molar-refractivity contribution in [2.45, 2.75) is 26.2 Å². The van der Waals surface area contributed by atoms with E-state index in [1.54, 1.807) is 0 Å². The van der Waals surface area contributed by atoms with Crippen LogP contribution in [0.2, 0.25) is 0 Å². The minimum absolute atomic E-state index is 0.300. The summed E-state index contributed by atoms with van der Waals surface area (Å²) in [7, 11) is 0. The van der Waals surface area contributed by atoms with Crippen molar-refractivity contribution in [2.75, 3.05) is 13.3 Å². The zero-order chi connectivity index (χ0) is 16.5. The number of aromatic amines is 1. The first-order chi connectivity index (χ1) is 11.8. The molecule has 0 unspecified atom stereocenters. The number of aromatic nitrogens is 1. The third kappa shape index (κ3) is 2.63. The number of H-pyrrole nitrogens is 1. The van der Waals surface area contributed by atoms with Crippen LogP contribution in [0.5, 0.6) is 11.5 Å². The highest BCUT2D eigenvalue weighted by molar-refractivity contribution is 5.91. The first-order valence-corrected chi connectivity index (χ1v) is 8.47. The van der Waals surface area contributed by atoms with E-state index in [4.69, 9.17) is 15.2 Å². The average Bonchev–Trinajstić information content (AvgIpc) is 3.19. The number of ether oxygens (including phenoxy) is 2. The summed E-state index contributed by atoms with van der Waals surface area (Å²) >= 11 is 0. The van der Waals surface area contributed by atoms with Crippen LogP contribution in [-0.4, -0.2) is 18.3 Å². The van der Waals surface area contributed by atoms with Gasteiger partial charge in [-0.3, -0.25) is 0 Å². The van der Waals surface area contributed by atoms with Gasteiger partial charge in [-0.15, -0.1) is 0 Å². The van der Waals surface area contributed by atoms with E-state index in [-0.39, 0.29) is 0 Å². The van der Waals surface area contributed by atoms with Gasteiger partial charge in [0.25, 0.3) is 0 Å². The highest BCUT2D eigenvalue weighted by atomic mass is 16.7. The molecular weight excluding hydrogens is 300 g/mol. The Balaban J connectivity index is 1.82. The zero-order valence-electron chi connectivity index (χ0n) is 13.9. The lowest BCUT2D eigenvalue weighted by Gasteiger charge is -2.06. The second-order valence-electron chi connectivity index (χ2n) is 6.34. The van der Waals surface area contributed by atoms with Crippen molar-refractivity contribution in [3.05, 3.63) is 47.5 Å². The summed E-state index contributed by atoms with van der Waals surface area (Å²) in [5.41, 5.74) is 11.8. The van der Waals surface area contributed by atoms with Crippen LogP contribution in [0, 0.1) is 6.92 Å². The van der Waals surface area contributed by atoms with Gasteiger partial charge in [0.05, 0.1) is 0 Å². The van der Waals surface area contributed by atoms with Crippen molar-refractivity contribution in [3.8, 4) is 22.8 Å². The summed E-state index contributed by atoms with van der Waals surface area (Å²) in [6, 6.07) is 12.7. The van der Waals surface area contributed by atoms with Crippen LogP contribution in [0.25, 0.3) is 22.2 Å². The fraction of sp³-hybridized carbons (Fsp3) is 0.300. The number of benzene rings is 2. The molecule has 2 aromatic carbocycles. The molecule has 4 heteroatoms. The molecule has 2 heterocycles. The summed E-state index contributed by atoms with van der Waals surface area (Å²) in [5.74, 6) is 1.63. The number of unbranched alkanes of at least 4 members (excludes halogenated alkanes) is 1. The number of aryl methyl sites for hydroxylation is 2. The maximum absolute atomic E-state index is 5.68. The zero-order valence-corrected chi connectivity index (χ0v) is 13.9. The summed E-state index contributed by atoms with van der Waals surface area (Å²) < 4.78 is 11.0. The fourth-order valence-electron chi connectivity index (χ4n) is 3.37. The number of hydrogen-bond donors (Lipinski definition) is 2. The van der Waals surface area contributed by atoms with Crippen LogP contribution < -0.4 is 15.2 Å². The summed E-state index contributed by atoms with van der Waals surface area (Å²) in [4.78, 5) is 3.60. The van der Waals surface area contributed by atoms with Crippen LogP contribution >= 0.6 is 0 Å². The Hall–Kier alpha value is -2.46. The molecular formula is C20H22N2O2. The molecule has 1 aliphatic heterocycles. The lowest BCUT2D eigenvalue weighted by atomic mass is 9.99. The smallest absolute Gasteiger partial charge is 0.231 e. The Morgan fingerprint density at radius 2 is 1.92 bits per heavy atom. The monoisotopic (exact) mass is 322 g/mol. The van der Waals surface area contributed by atoms with Crippen molar-refractivity contribution in [1.29, 1.82) is 0 Å². The van der Waals surface area contributed by atoms with Crippen LogP contribution in [0.1, 0.15) is 24.0 Å². The van der Waals surface area contributed by atoms with Gasteiger partial charge in [0.2, 0.25) is 6.79 Å². The third-order valence-corrected chi connectivity index (χ3v) is 4.60. The highest BCUT2D eigenvalue weighted by Gasteiger charge is 2.18. The molecule has 1 aliphatic rings. The molecule has 0 bridgehead atoms. The summed E-state index contributed by atoms with van der Waals surface area (Å²) in [5, 5.41) is 1.31. The molecule has 0 saturated heterocycles. The van der Waals surface area contributed by atoms with Crippen molar-refractivity contribution in [2.24, 2.45) is 5.73 Å². The number of rotatable bonds is 5. The Labute approximate surface area is 141 Å². The Morgan fingerprint density at radius 1 is 1.04 bits per heavy atom. The molecule has 0 fully saturated rings. The SMILES string of the molecule is Cc1ccc2[nH]c(-c3ccc4c(c3)OCO4)c(CCCCN)c2c1. The van der Waals surface area contributed by atoms with Crippen molar-refractivity contribution < 1.29 is 9.47 Å². The number of nitrogens with one attached hydrogen (secondary N) is 1. The number of nitrogens with two attached hydrogens (primary N) is 1. The lowest BCUT2D eigenvalue weighted by Crippen LogP contribution is -1.99. The topological polar surface area (TPSA) is 60.3 Å². The standard InChI is InChI=1S/C20H22N2O2/c1-13-5-7-17-16(10-13)15(4-2-3-9-21)20(22-17)14-6-8-18-19(11-14)24-12-23-18/h5-8,10-11,22H,2-4,9,12,21H2,1H3. The highest BCUT2D eigenvalue weighted by Crippen LogP contribution is 2.38. The molecule has 3 N–H and O–H groups in total. The van der Waals surface area contributed by atoms with Crippen LogP contribution in [0.3, 0.4) is 0 Å². The molecule has 1 aromatic heterocycles. The average molecular weight is 322 g/mol. The van der Waals surface area contributed by atoms with E-state index < -0.39 is 0 Å². The minimum atomic E-state index is 0.300. The second kappa shape index (κ2) is 6.21. The number of fused-ring (bicyclic) bond motifs is 2. The van der Waals surface area contributed by atoms with Crippen molar-refractivity contribution in [3.63, 3.8) is 0 Å². The molecule has 24 heavy (non-hydrogen) atoms. The Bertz CT molecular complexity index is 883. The normalized spacial score (nSPS) is 12.9. The molecule has 0 saturated carbocycles. The fourth-order valence-corrected chi connectivity index (χ4v) is 3.37. The van der Waals surface area contributed by atoms with Crippen LogP contribution in [0.15, 0.2) is 36.4 Å². The van der Waals surface area contributed by atoms with Gasteiger partial charge in [0, 0.05) is 22.2 Å². The molecule has 0 atom stereocenters. The van der Waals surface area contributed by atoms with Gasteiger partial charge in [0.1, 0.15) is 0 Å². The summed E-state index contributed by atoms with van der Waals surface area (Å²) in [6.07, 6.45) is 3.15. The van der Waals surface area contributed by atoms with Gasteiger partial charge in [-0.2, -0.15) is 0 Å². The predicted octanol–water partition coefficient (Wildman–Crippen LogP) is 4.15. The molecule has 4 rings (SSSR count). The molecule has 0 radical (unpaired) electrons. The van der Waals surface area contributed by atoms with Crippen LogP contribution in [0.4, 0.5) is 0 Å². The molecule has 124 valence electrons. The second-order valence-corrected chi connectivity index (χ2v) is 6.34. The predicted molar refractivity (Wildman–Crippen MR) is 96.6 cm³/mol. The quantitative estimate of drug-likeness (QED) is 0.694.